The molecule has 2 aromatic carbocycles. The maximum Gasteiger partial charge on any atom is 0.200 e. The SMILES string of the molecule is CC.COc1ccc(-c2coc3cc(O)ccc3c2=O)cc1O. The van der Waals surface area contributed by atoms with Gasteiger partial charge >= 0.3 is 0 Å². The fourth-order valence-corrected chi connectivity index (χ4v) is 2.17. The van der Waals surface area contributed by atoms with Gasteiger partial charge in [0, 0.05) is 6.07 Å². The number of rotatable bonds is 2. The standard InChI is InChI=1S/C16H12O5.C2H6/c1-20-14-5-2-9(6-13(14)18)12-8-21-15-7-10(17)3-4-11(15)16(12)19;1-2/h2-8,17-18H,1H3;1-2H3. The zero-order valence-electron chi connectivity index (χ0n) is 13.2. The molecule has 0 unspecified atom stereocenters. The second-order valence-corrected chi connectivity index (χ2v) is 4.55. The van der Waals surface area contributed by atoms with Gasteiger partial charge in [0.05, 0.1) is 18.1 Å². The van der Waals surface area contributed by atoms with Crippen LogP contribution >= 0.6 is 0 Å². The number of methoxy groups -OCH3 is 1. The zero-order chi connectivity index (χ0) is 17.0. The molecule has 3 rings (SSSR count). The number of phenolic OH excluding ortho intramolecular Hbond substituents is 2. The summed E-state index contributed by atoms with van der Waals surface area (Å²) in [5.41, 5.74) is 0.922. The molecule has 5 nitrogen and oxygen atoms in total. The van der Waals surface area contributed by atoms with Crippen LogP contribution in [-0.2, 0) is 0 Å². The Morgan fingerprint density at radius 2 is 1.78 bits per heavy atom. The lowest BCUT2D eigenvalue weighted by atomic mass is 10.0. The Morgan fingerprint density at radius 3 is 2.43 bits per heavy atom. The number of benzene rings is 2. The number of hydrogen-bond acceptors (Lipinski definition) is 5. The monoisotopic (exact) mass is 314 g/mol. The molecule has 0 amide bonds. The number of hydrogen-bond donors (Lipinski definition) is 2. The van der Waals surface area contributed by atoms with Gasteiger partial charge in [0.25, 0.3) is 0 Å². The highest BCUT2D eigenvalue weighted by atomic mass is 16.5. The van der Waals surface area contributed by atoms with Crippen molar-refractivity contribution in [1.29, 1.82) is 0 Å². The fourth-order valence-electron chi connectivity index (χ4n) is 2.17. The molecule has 0 fully saturated rings. The van der Waals surface area contributed by atoms with Gasteiger partial charge in [0.1, 0.15) is 17.6 Å². The summed E-state index contributed by atoms with van der Waals surface area (Å²) < 4.78 is 10.4. The minimum Gasteiger partial charge on any atom is -0.508 e. The molecule has 3 aromatic rings. The van der Waals surface area contributed by atoms with Crippen LogP contribution < -0.4 is 10.2 Å². The highest BCUT2D eigenvalue weighted by molar-refractivity contribution is 5.82. The van der Waals surface area contributed by atoms with Gasteiger partial charge in [-0.05, 0) is 29.8 Å². The van der Waals surface area contributed by atoms with Gasteiger partial charge in [-0.15, -0.1) is 0 Å². The summed E-state index contributed by atoms with van der Waals surface area (Å²) in [6.45, 7) is 4.00. The Balaban J connectivity index is 0.000000924. The van der Waals surface area contributed by atoms with Gasteiger partial charge in [-0.25, -0.2) is 0 Å². The van der Waals surface area contributed by atoms with Crippen LogP contribution in [0.2, 0.25) is 0 Å². The summed E-state index contributed by atoms with van der Waals surface area (Å²) in [6, 6.07) is 8.99. The molecular weight excluding hydrogens is 296 g/mol. The molecular formula is C18H18O5. The van der Waals surface area contributed by atoms with E-state index >= 15 is 0 Å². The first-order valence-electron chi connectivity index (χ1n) is 7.22. The van der Waals surface area contributed by atoms with Crippen molar-refractivity contribution >= 4 is 11.0 Å². The molecule has 0 spiro atoms. The molecule has 0 saturated carbocycles. The van der Waals surface area contributed by atoms with Crippen molar-refractivity contribution in [3.05, 3.63) is 52.9 Å². The Labute approximate surface area is 133 Å². The lowest BCUT2D eigenvalue weighted by Crippen LogP contribution is -2.04. The van der Waals surface area contributed by atoms with Gasteiger partial charge in [-0.3, -0.25) is 4.79 Å². The normalized spacial score (nSPS) is 10.0. The van der Waals surface area contributed by atoms with Gasteiger partial charge < -0.3 is 19.4 Å². The van der Waals surface area contributed by atoms with Gasteiger partial charge in [-0.2, -0.15) is 0 Å². The lowest BCUT2D eigenvalue weighted by molar-refractivity contribution is 0.373. The molecule has 0 bridgehead atoms. The van der Waals surface area contributed by atoms with Crippen molar-refractivity contribution in [3.8, 4) is 28.4 Å². The van der Waals surface area contributed by atoms with Gasteiger partial charge in [0.2, 0.25) is 0 Å². The van der Waals surface area contributed by atoms with Crippen molar-refractivity contribution in [2.45, 2.75) is 13.8 Å². The van der Waals surface area contributed by atoms with E-state index in [9.17, 15) is 15.0 Å². The molecule has 0 saturated heterocycles. The van der Waals surface area contributed by atoms with Gasteiger partial charge in [0.15, 0.2) is 16.9 Å². The van der Waals surface area contributed by atoms with Crippen molar-refractivity contribution in [1.82, 2.24) is 0 Å². The fraction of sp³-hybridized carbons (Fsp3) is 0.167. The molecule has 2 N–H and O–H groups in total. The minimum atomic E-state index is -0.235. The zero-order valence-corrected chi connectivity index (χ0v) is 13.2. The molecule has 0 aliphatic heterocycles. The summed E-state index contributed by atoms with van der Waals surface area (Å²) >= 11 is 0. The predicted molar refractivity (Wildman–Crippen MR) is 89.1 cm³/mol. The van der Waals surface area contributed by atoms with E-state index in [1.807, 2.05) is 13.8 Å². The van der Waals surface area contributed by atoms with E-state index < -0.39 is 0 Å². The van der Waals surface area contributed by atoms with Crippen LogP contribution in [0.4, 0.5) is 0 Å². The summed E-state index contributed by atoms with van der Waals surface area (Å²) in [5.74, 6) is 0.301. The van der Waals surface area contributed by atoms with Crippen LogP contribution in [0.3, 0.4) is 0 Å². The summed E-state index contributed by atoms with van der Waals surface area (Å²) in [7, 11) is 1.45. The molecule has 23 heavy (non-hydrogen) atoms. The number of ether oxygens (including phenoxy) is 1. The first kappa shape index (κ1) is 16.4. The van der Waals surface area contributed by atoms with Crippen molar-refractivity contribution in [2.24, 2.45) is 0 Å². The highest BCUT2D eigenvalue weighted by Crippen LogP contribution is 2.31. The molecule has 5 heteroatoms. The van der Waals surface area contributed by atoms with E-state index in [-0.39, 0.29) is 16.9 Å². The third kappa shape index (κ3) is 3.13. The molecule has 1 heterocycles. The van der Waals surface area contributed by atoms with Crippen LogP contribution in [0.25, 0.3) is 22.1 Å². The second-order valence-electron chi connectivity index (χ2n) is 4.55. The molecule has 120 valence electrons. The van der Waals surface area contributed by atoms with Crippen LogP contribution in [0.1, 0.15) is 13.8 Å². The Kier molecular flexibility index (Phi) is 4.91. The molecule has 1 aromatic heterocycles. The minimum absolute atomic E-state index is 0.0282. The van der Waals surface area contributed by atoms with E-state index in [4.69, 9.17) is 9.15 Å². The highest BCUT2D eigenvalue weighted by Gasteiger charge is 2.11. The number of fused-ring (bicyclic) bond motifs is 1. The van der Waals surface area contributed by atoms with Crippen LogP contribution in [0, 0.1) is 0 Å². The third-order valence-corrected chi connectivity index (χ3v) is 3.25. The van der Waals surface area contributed by atoms with Crippen LogP contribution in [-0.4, -0.2) is 17.3 Å². The van der Waals surface area contributed by atoms with Crippen molar-refractivity contribution < 1.29 is 19.4 Å². The van der Waals surface area contributed by atoms with Crippen molar-refractivity contribution in [2.75, 3.05) is 7.11 Å². The predicted octanol–water partition coefficient (Wildman–Crippen LogP) is 3.91. The first-order valence-corrected chi connectivity index (χ1v) is 7.22. The summed E-state index contributed by atoms with van der Waals surface area (Å²) in [5, 5.41) is 19.6. The van der Waals surface area contributed by atoms with E-state index in [2.05, 4.69) is 0 Å². The molecule has 0 aliphatic rings. The average Bonchev–Trinajstić information content (AvgIpc) is 2.57. The lowest BCUT2D eigenvalue weighted by Gasteiger charge is -2.06. The van der Waals surface area contributed by atoms with Crippen LogP contribution in [0.5, 0.6) is 17.2 Å². The van der Waals surface area contributed by atoms with E-state index in [0.717, 1.165) is 0 Å². The van der Waals surface area contributed by atoms with E-state index in [0.29, 0.717) is 27.8 Å². The number of phenols is 2. The Hall–Kier alpha value is -2.95. The number of aromatic hydroxyl groups is 2. The van der Waals surface area contributed by atoms with Crippen molar-refractivity contribution in [3.63, 3.8) is 0 Å². The first-order chi connectivity index (χ1) is 11.1. The largest absolute Gasteiger partial charge is 0.508 e. The maximum atomic E-state index is 12.5. The van der Waals surface area contributed by atoms with E-state index in [1.165, 1.54) is 37.6 Å². The molecule has 0 aliphatic carbocycles. The summed E-state index contributed by atoms with van der Waals surface area (Å²) in [6.07, 6.45) is 1.31. The summed E-state index contributed by atoms with van der Waals surface area (Å²) in [4.78, 5) is 12.5. The average molecular weight is 314 g/mol. The molecule has 0 radical (unpaired) electrons. The Bertz CT molecular complexity index is 880. The maximum absolute atomic E-state index is 12.5. The smallest absolute Gasteiger partial charge is 0.200 e. The Morgan fingerprint density at radius 1 is 1.04 bits per heavy atom. The quantitative estimate of drug-likeness (QED) is 0.749. The molecule has 0 atom stereocenters. The second kappa shape index (κ2) is 6.87. The van der Waals surface area contributed by atoms with E-state index in [1.54, 1.807) is 12.1 Å². The van der Waals surface area contributed by atoms with Gasteiger partial charge in [-0.1, -0.05) is 19.9 Å². The third-order valence-electron chi connectivity index (χ3n) is 3.25. The topological polar surface area (TPSA) is 79.9 Å². The van der Waals surface area contributed by atoms with Crippen LogP contribution in [0.15, 0.2) is 51.9 Å².